The Bertz CT molecular complexity index is 649. The van der Waals surface area contributed by atoms with Gasteiger partial charge in [0.2, 0.25) is 0 Å². The number of nitrogens with zero attached hydrogens (tertiary/aromatic N) is 4. The van der Waals surface area contributed by atoms with Gasteiger partial charge in [-0.1, -0.05) is 25.9 Å². The van der Waals surface area contributed by atoms with Gasteiger partial charge in [-0.2, -0.15) is 13.2 Å². The van der Waals surface area contributed by atoms with Crippen LogP contribution in [0.4, 0.5) is 13.2 Å². The van der Waals surface area contributed by atoms with Crippen molar-refractivity contribution in [1.29, 1.82) is 0 Å². The summed E-state index contributed by atoms with van der Waals surface area (Å²) in [5, 5.41) is 7.47. The number of likely N-dealkylation sites (tertiary alicyclic amines) is 1. The van der Waals surface area contributed by atoms with Gasteiger partial charge in [-0.15, -0.1) is 24.0 Å². The maximum atomic E-state index is 12.7. The largest absolute Gasteiger partial charge is 0.401 e. The molecule has 2 heterocycles. The maximum absolute atomic E-state index is 12.7. The predicted molar refractivity (Wildman–Crippen MR) is 123 cm³/mol. The normalized spacial score (nSPS) is 17.7. The summed E-state index contributed by atoms with van der Waals surface area (Å²) in [7, 11) is 1.72. The van der Waals surface area contributed by atoms with Crippen molar-refractivity contribution in [3.63, 3.8) is 0 Å². The highest BCUT2D eigenvalue weighted by Gasteiger charge is 2.33. The molecule has 0 aromatic carbocycles. The minimum absolute atomic E-state index is 0. The van der Waals surface area contributed by atoms with E-state index in [0.29, 0.717) is 32.1 Å². The summed E-state index contributed by atoms with van der Waals surface area (Å²) in [6, 6.07) is 1.99. The summed E-state index contributed by atoms with van der Waals surface area (Å²) in [6.07, 6.45) is -1.25. The second-order valence-corrected chi connectivity index (χ2v) is 7.68. The highest BCUT2D eigenvalue weighted by molar-refractivity contribution is 14.0. The highest BCUT2D eigenvalue weighted by atomic mass is 127. The van der Waals surface area contributed by atoms with E-state index in [2.05, 4.69) is 34.2 Å². The van der Waals surface area contributed by atoms with Crippen LogP contribution in [-0.4, -0.2) is 66.9 Å². The fourth-order valence-corrected chi connectivity index (χ4v) is 3.91. The number of halogens is 4. The number of aliphatic imine (C=N–C) groups is 1. The van der Waals surface area contributed by atoms with Crippen molar-refractivity contribution >= 4 is 29.9 Å². The zero-order chi connectivity index (χ0) is 21.4. The second kappa shape index (κ2) is 12.7. The van der Waals surface area contributed by atoms with Crippen molar-refractivity contribution in [1.82, 2.24) is 20.3 Å². The van der Waals surface area contributed by atoms with Gasteiger partial charge in [0.25, 0.3) is 0 Å². The van der Waals surface area contributed by atoms with Crippen LogP contribution in [0, 0.1) is 5.92 Å². The quantitative estimate of drug-likeness (QED) is 0.282. The molecule has 0 spiro atoms. The van der Waals surface area contributed by atoms with Crippen LogP contribution in [0.25, 0.3) is 0 Å². The molecular weight excluding hydrogens is 510 g/mol. The van der Waals surface area contributed by atoms with Gasteiger partial charge in [0.05, 0.1) is 18.8 Å². The molecule has 1 fully saturated rings. The summed E-state index contributed by atoms with van der Waals surface area (Å²) in [4.78, 5) is 7.90. The molecule has 0 radical (unpaired) electrons. The van der Waals surface area contributed by atoms with Crippen LogP contribution < -0.4 is 5.32 Å². The van der Waals surface area contributed by atoms with Gasteiger partial charge in [-0.05, 0) is 31.7 Å². The Labute approximate surface area is 194 Å². The maximum Gasteiger partial charge on any atom is 0.401 e. The summed E-state index contributed by atoms with van der Waals surface area (Å²) in [6.45, 7) is 8.01. The minimum Gasteiger partial charge on any atom is -0.359 e. The van der Waals surface area contributed by atoms with E-state index in [4.69, 9.17) is 4.52 Å². The Hall–Kier alpha value is -1.04. The molecule has 0 saturated carbocycles. The average molecular weight is 545 g/mol. The molecule has 174 valence electrons. The van der Waals surface area contributed by atoms with Crippen molar-refractivity contribution in [2.75, 3.05) is 39.8 Å². The summed E-state index contributed by atoms with van der Waals surface area (Å²) >= 11 is 0. The van der Waals surface area contributed by atoms with Crippen molar-refractivity contribution in [2.45, 2.75) is 58.7 Å². The Morgan fingerprint density at radius 1 is 1.37 bits per heavy atom. The summed E-state index contributed by atoms with van der Waals surface area (Å²) in [5.41, 5.74) is 0.979. The van der Waals surface area contributed by atoms with Crippen LogP contribution >= 0.6 is 24.0 Å². The zero-order valence-electron chi connectivity index (χ0n) is 18.3. The first-order chi connectivity index (χ1) is 13.8. The number of rotatable bonds is 9. The van der Waals surface area contributed by atoms with Gasteiger partial charge >= 0.3 is 6.18 Å². The standard InChI is InChI=1S/C20H34F3N5O.HI/c1-5-16(6-2)18-10-17(29-26-18)11-25-19(24-4)28-9-8-15(13-28)12-27(7-3)14-20(21,22)23;/h10,15-16H,5-9,11-14H2,1-4H3,(H,24,25);1H. The van der Waals surface area contributed by atoms with Crippen LogP contribution in [-0.2, 0) is 6.54 Å². The molecule has 1 aromatic heterocycles. The van der Waals surface area contributed by atoms with Gasteiger partial charge in [0.1, 0.15) is 0 Å². The smallest absolute Gasteiger partial charge is 0.359 e. The van der Waals surface area contributed by atoms with Crippen molar-refractivity contribution < 1.29 is 17.7 Å². The molecule has 1 aliphatic heterocycles. The molecular formula is C20H35F3IN5O. The first-order valence-corrected chi connectivity index (χ1v) is 10.5. The van der Waals surface area contributed by atoms with E-state index in [0.717, 1.165) is 43.2 Å². The van der Waals surface area contributed by atoms with E-state index in [1.165, 1.54) is 4.90 Å². The van der Waals surface area contributed by atoms with Crippen LogP contribution in [0.1, 0.15) is 57.4 Å². The van der Waals surface area contributed by atoms with E-state index in [9.17, 15) is 13.2 Å². The molecule has 1 N–H and O–H groups in total. The Kier molecular flexibility index (Phi) is 11.5. The molecule has 2 rings (SSSR count). The zero-order valence-corrected chi connectivity index (χ0v) is 20.7. The Morgan fingerprint density at radius 3 is 2.63 bits per heavy atom. The van der Waals surface area contributed by atoms with Crippen molar-refractivity contribution in [3.8, 4) is 0 Å². The van der Waals surface area contributed by atoms with Crippen LogP contribution in [0.5, 0.6) is 0 Å². The van der Waals surface area contributed by atoms with Crippen LogP contribution in [0.2, 0.25) is 0 Å². The molecule has 10 heteroatoms. The lowest BCUT2D eigenvalue weighted by Gasteiger charge is -2.26. The van der Waals surface area contributed by atoms with E-state index in [1.807, 2.05) is 6.07 Å². The molecule has 6 nitrogen and oxygen atoms in total. The monoisotopic (exact) mass is 545 g/mol. The topological polar surface area (TPSA) is 56.9 Å². The van der Waals surface area contributed by atoms with E-state index in [-0.39, 0.29) is 29.9 Å². The lowest BCUT2D eigenvalue weighted by Crippen LogP contribution is -2.41. The third-order valence-electron chi connectivity index (χ3n) is 5.57. The number of hydrogen-bond acceptors (Lipinski definition) is 4. The third kappa shape index (κ3) is 8.24. The van der Waals surface area contributed by atoms with Gasteiger partial charge < -0.3 is 14.7 Å². The molecule has 1 unspecified atom stereocenters. The van der Waals surface area contributed by atoms with Crippen molar-refractivity contribution in [3.05, 3.63) is 17.5 Å². The molecule has 0 bridgehead atoms. The summed E-state index contributed by atoms with van der Waals surface area (Å²) < 4.78 is 43.5. The Balaban J connectivity index is 0.00000450. The molecule has 1 aromatic rings. The molecule has 1 saturated heterocycles. The minimum atomic E-state index is -4.16. The number of nitrogens with one attached hydrogen (secondary N) is 1. The number of aromatic nitrogens is 1. The van der Waals surface area contributed by atoms with E-state index < -0.39 is 12.7 Å². The highest BCUT2D eigenvalue weighted by Crippen LogP contribution is 2.23. The summed E-state index contributed by atoms with van der Waals surface area (Å²) in [5.74, 6) is 2.10. The van der Waals surface area contributed by atoms with Crippen molar-refractivity contribution in [2.24, 2.45) is 10.9 Å². The molecule has 1 atom stereocenters. The fourth-order valence-electron chi connectivity index (χ4n) is 3.91. The van der Waals surface area contributed by atoms with Crippen LogP contribution in [0.3, 0.4) is 0 Å². The number of hydrogen-bond donors (Lipinski definition) is 1. The number of alkyl halides is 3. The third-order valence-corrected chi connectivity index (χ3v) is 5.57. The van der Waals surface area contributed by atoms with Gasteiger partial charge in [0.15, 0.2) is 11.7 Å². The first-order valence-electron chi connectivity index (χ1n) is 10.5. The van der Waals surface area contributed by atoms with E-state index in [1.54, 1.807) is 14.0 Å². The predicted octanol–water partition coefficient (Wildman–Crippen LogP) is 4.48. The SMILES string of the molecule is CCC(CC)c1cc(CNC(=NC)N2CCC(CN(CC)CC(F)(F)F)C2)on1.I. The molecule has 1 aliphatic rings. The molecule has 0 aliphatic carbocycles. The average Bonchev–Trinajstić information content (AvgIpc) is 3.32. The lowest BCUT2D eigenvalue weighted by molar-refractivity contribution is -0.146. The molecule has 0 amide bonds. The van der Waals surface area contributed by atoms with E-state index >= 15 is 0 Å². The Morgan fingerprint density at radius 2 is 2.07 bits per heavy atom. The lowest BCUT2D eigenvalue weighted by atomic mass is 9.99. The van der Waals surface area contributed by atoms with Crippen LogP contribution in [0.15, 0.2) is 15.6 Å². The van der Waals surface area contributed by atoms with Gasteiger partial charge in [-0.3, -0.25) is 9.89 Å². The number of guanidine groups is 1. The van der Waals surface area contributed by atoms with Gasteiger partial charge in [-0.25, -0.2) is 0 Å². The second-order valence-electron chi connectivity index (χ2n) is 7.68. The first kappa shape index (κ1) is 27.0. The molecule has 30 heavy (non-hydrogen) atoms. The fraction of sp³-hybridized carbons (Fsp3) is 0.800. The van der Waals surface area contributed by atoms with Gasteiger partial charge in [0, 0.05) is 38.7 Å².